The van der Waals surface area contributed by atoms with Crippen molar-refractivity contribution >= 4 is 37.5 Å². The third kappa shape index (κ3) is 3.84. The van der Waals surface area contributed by atoms with E-state index >= 15 is 0 Å². The summed E-state index contributed by atoms with van der Waals surface area (Å²) in [4.78, 5) is 0. The zero-order valence-corrected chi connectivity index (χ0v) is 14.2. The minimum atomic E-state index is -0.655. The number of nitriles is 1. The van der Waals surface area contributed by atoms with Gasteiger partial charge in [0.2, 0.25) is 0 Å². The van der Waals surface area contributed by atoms with E-state index in [4.69, 9.17) is 0 Å². The number of rotatable bonds is 4. The maximum absolute atomic E-state index is 9.52. The first-order valence-corrected chi connectivity index (χ1v) is 7.79. The summed E-state index contributed by atoms with van der Waals surface area (Å²) < 4.78 is 2.00. The van der Waals surface area contributed by atoms with Crippen molar-refractivity contribution < 1.29 is 0 Å². The average molecular weight is 394 g/mol. The zero-order valence-electron chi connectivity index (χ0n) is 11.0. The van der Waals surface area contributed by atoms with Crippen LogP contribution in [0.3, 0.4) is 0 Å². The molecule has 2 aromatic rings. The van der Waals surface area contributed by atoms with Crippen molar-refractivity contribution in [3.05, 3.63) is 63.0 Å². The van der Waals surface area contributed by atoms with Gasteiger partial charge in [-0.05, 0) is 52.7 Å². The number of para-hydroxylation sites is 1. The number of hydrogen-bond donors (Lipinski definition) is 1. The van der Waals surface area contributed by atoms with Gasteiger partial charge in [-0.3, -0.25) is 0 Å². The van der Waals surface area contributed by atoms with E-state index in [2.05, 4.69) is 43.2 Å². The van der Waals surface area contributed by atoms with Crippen LogP contribution in [-0.4, -0.2) is 5.54 Å². The number of nitrogens with one attached hydrogen (secondary N) is 1. The maximum Gasteiger partial charge on any atom is 0.126 e. The molecule has 0 saturated heterocycles. The van der Waals surface area contributed by atoms with Gasteiger partial charge in [-0.1, -0.05) is 40.2 Å². The van der Waals surface area contributed by atoms with Crippen molar-refractivity contribution in [1.82, 2.24) is 0 Å². The molecule has 0 fully saturated rings. The molecule has 4 heteroatoms. The summed E-state index contributed by atoms with van der Waals surface area (Å²) in [5, 5.41) is 12.8. The molecule has 0 aliphatic carbocycles. The minimum absolute atomic E-state index is 0.637. The van der Waals surface area contributed by atoms with Gasteiger partial charge in [0.1, 0.15) is 5.54 Å². The average Bonchev–Trinajstić information content (AvgIpc) is 2.44. The van der Waals surface area contributed by atoms with Gasteiger partial charge in [-0.25, -0.2) is 0 Å². The van der Waals surface area contributed by atoms with Crippen molar-refractivity contribution in [2.45, 2.75) is 18.9 Å². The lowest BCUT2D eigenvalue weighted by atomic mass is 9.94. The monoisotopic (exact) mass is 392 g/mol. The fourth-order valence-corrected chi connectivity index (χ4v) is 2.63. The Bertz CT molecular complexity index is 632. The van der Waals surface area contributed by atoms with Crippen LogP contribution >= 0.6 is 31.9 Å². The van der Waals surface area contributed by atoms with Crippen LogP contribution in [0.15, 0.2) is 57.5 Å². The molecule has 2 aromatic carbocycles. The zero-order chi connectivity index (χ0) is 14.6. The topological polar surface area (TPSA) is 35.8 Å². The number of hydrogen-bond acceptors (Lipinski definition) is 2. The molecule has 0 aliphatic heterocycles. The molecule has 0 bridgehead atoms. The normalized spacial score (nSPS) is 13.3. The predicted octanol–water partition coefficient (Wildman–Crippen LogP) is 5.15. The number of nitrogens with zero attached hydrogens (tertiary/aromatic N) is 1. The lowest BCUT2D eigenvalue weighted by molar-refractivity contribution is 0.645. The maximum atomic E-state index is 9.52. The van der Waals surface area contributed by atoms with Crippen molar-refractivity contribution in [2.24, 2.45) is 0 Å². The Morgan fingerprint density at radius 2 is 1.75 bits per heavy atom. The Balaban J connectivity index is 2.19. The van der Waals surface area contributed by atoms with E-state index in [-0.39, 0.29) is 0 Å². The molecule has 20 heavy (non-hydrogen) atoms. The minimum Gasteiger partial charge on any atom is -0.366 e. The van der Waals surface area contributed by atoms with E-state index in [0.717, 1.165) is 20.2 Å². The fraction of sp³-hybridized carbons (Fsp3) is 0.188. The van der Waals surface area contributed by atoms with Gasteiger partial charge in [0, 0.05) is 21.1 Å². The number of benzene rings is 2. The lowest BCUT2D eigenvalue weighted by Crippen LogP contribution is -2.35. The Kier molecular flexibility index (Phi) is 4.85. The van der Waals surface area contributed by atoms with Gasteiger partial charge in [-0.15, -0.1) is 0 Å². The molecule has 0 aromatic heterocycles. The molecule has 102 valence electrons. The molecule has 1 atom stereocenters. The van der Waals surface area contributed by atoms with E-state index in [1.54, 1.807) is 0 Å². The highest BCUT2D eigenvalue weighted by Gasteiger charge is 2.24. The lowest BCUT2D eigenvalue weighted by Gasteiger charge is -2.25. The summed E-state index contributed by atoms with van der Waals surface area (Å²) in [6.45, 7) is 1.91. The number of halogens is 2. The molecular formula is C16H14Br2N2. The van der Waals surface area contributed by atoms with Crippen molar-refractivity contribution in [2.75, 3.05) is 5.32 Å². The van der Waals surface area contributed by atoms with E-state index in [1.807, 2.05) is 55.5 Å². The van der Waals surface area contributed by atoms with Crippen LogP contribution in [0.2, 0.25) is 0 Å². The molecule has 2 nitrogen and oxygen atoms in total. The second-order valence-corrected chi connectivity index (χ2v) is 6.62. The van der Waals surface area contributed by atoms with Crippen LogP contribution in [0.4, 0.5) is 5.69 Å². The summed E-state index contributed by atoms with van der Waals surface area (Å²) in [5.41, 5.74) is 1.39. The van der Waals surface area contributed by atoms with E-state index < -0.39 is 5.54 Å². The second kappa shape index (κ2) is 6.43. The van der Waals surface area contributed by atoms with Crippen LogP contribution < -0.4 is 5.32 Å². The van der Waals surface area contributed by atoms with Crippen molar-refractivity contribution in [3.8, 4) is 6.07 Å². The first-order valence-electron chi connectivity index (χ1n) is 6.21. The molecule has 0 spiro atoms. The van der Waals surface area contributed by atoms with Crippen molar-refractivity contribution in [3.63, 3.8) is 0 Å². The first kappa shape index (κ1) is 15.1. The SMILES string of the molecule is CC(C#N)(Cc1ccc(Br)cc1)Nc1ccccc1Br. The standard InChI is InChI=1S/C16H14Br2N2/c1-16(11-19,10-12-6-8-13(17)9-7-12)20-15-5-3-2-4-14(15)18/h2-9,20H,10H2,1H3. The van der Waals surface area contributed by atoms with Crippen LogP contribution in [0.25, 0.3) is 0 Å². The van der Waals surface area contributed by atoms with Gasteiger partial charge in [0.25, 0.3) is 0 Å². The highest BCUT2D eigenvalue weighted by atomic mass is 79.9. The Hall–Kier alpha value is -1.31. The summed E-state index contributed by atoms with van der Waals surface area (Å²) >= 11 is 6.91. The summed E-state index contributed by atoms with van der Waals surface area (Å²) in [6, 6.07) is 18.2. The van der Waals surface area contributed by atoms with Crippen LogP contribution in [0.5, 0.6) is 0 Å². The second-order valence-electron chi connectivity index (χ2n) is 4.85. The molecule has 1 unspecified atom stereocenters. The molecule has 0 saturated carbocycles. The van der Waals surface area contributed by atoms with Gasteiger partial charge in [-0.2, -0.15) is 5.26 Å². The fourth-order valence-electron chi connectivity index (χ4n) is 1.98. The smallest absolute Gasteiger partial charge is 0.126 e. The van der Waals surface area contributed by atoms with E-state index in [9.17, 15) is 5.26 Å². The highest BCUT2D eigenvalue weighted by molar-refractivity contribution is 9.10. The summed E-state index contributed by atoms with van der Waals surface area (Å²) in [6.07, 6.45) is 0.637. The van der Waals surface area contributed by atoms with Crippen molar-refractivity contribution in [1.29, 1.82) is 5.26 Å². The van der Waals surface area contributed by atoms with Crippen LogP contribution in [-0.2, 0) is 6.42 Å². The molecular weight excluding hydrogens is 380 g/mol. The third-order valence-corrected chi connectivity index (χ3v) is 4.22. The highest BCUT2D eigenvalue weighted by Crippen LogP contribution is 2.26. The largest absolute Gasteiger partial charge is 0.366 e. The van der Waals surface area contributed by atoms with Crippen LogP contribution in [0, 0.1) is 11.3 Å². The Morgan fingerprint density at radius 1 is 1.10 bits per heavy atom. The van der Waals surface area contributed by atoms with E-state index in [1.165, 1.54) is 0 Å². The van der Waals surface area contributed by atoms with Crippen LogP contribution in [0.1, 0.15) is 12.5 Å². The van der Waals surface area contributed by atoms with Gasteiger partial charge in [0.15, 0.2) is 0 Å². The first-order chi connectivity index (χ1) is 9.52. The Morgan fingerprint density at radius 3 is 2.35 bits per heavy atom. The van der Waals surface area contributed by atoms with Gasteiger partial charge < -0.3 is 5.32 Å². The van der Waals surface area contributed by atoms with Gasteiger partial charge >= 0.3 is 0 Å². The van der Waals surface area contributed by atoms with E-state index in [0.29, 0.717) is 6.42 Å². The Labute approximate surface area is 136 Å². The third-order valence-electron chi connectivity index (χ3n) is 3.00. The summed E-state index contributed by atoms with van der Waals surface area (Å²) in [7, 11) is 0. The molecule has 0 heterocycles. The predicted molar refractivity (Wildman–Crippen MR) is 89.6 cm³/mol. The molecule has 0 radical (unpaired) electrons. The molecule has 0 amide bonds. The number of anilines is 1. The molecule has 1 N–H and O–H groups in total. The summed E-state index contributed by atoms with van der Waals surface area (Å²) in [5.74, 6) is 0. The van der Waals surface area contributed by atoms with Gasteiger partial charge in [0.05, 0.1) is 6.07 Å². The quantitative estimate of drug-likeness (QED) is 0.779. The molecule has 0 aliphatic rings. The molecule has 2 rings (SSSR count).